The number of hydrogen-bond donors (Lipinski definition) is 1. The molecule has 0 saturated carbocycles. The number of para-hydroxylation sites is 1. The molecule has 1 unspecified atom stereocenters. The van der Waals surface area contributed by atoms with Gasteiger partial charge in [0.2, 0.25) is 0 Å². The molecule has 0 radical (unpaired) electrons. The van der Waals surface area contributed by atoms with E-state index in [0.29, 0.717) is 10.1 Å². The van der Waals surface area contributed by atoms with Crippen molar-refractivity contribution in [3.63, 3.8) is 0 Å². The van der Waals surface area contributed by atoms with Crippen LogP contribution in [0.4, 0.5) is 5.69 Å². The van der Waals surface area contributed by atoms with Crippen LogP contribution in [0.15, 0.2) is 58.4 Å². The summed E-state index contributed by atoms with van der Waals surface area (Å²) in [4.78, 5) is 19.9. The highest BCUT2D eigenvalue weighted by Crippen LogP contribution is 2.37. The quantitative estimate of drug-likeness (QED) is 0.723. The Morgan fingerprint density at radius 3 is 2.65 bits per heavy atom. The van der Waals surface area contributed by atoms with E-state index in [2.05, 4.69) is 6.92 Å². The number of aliphatic imine (C=N–C) groups is 1. The maximum absolute atomic E-state index is 13.0. The first-order chi connectivity index (χ1) is 12.5. The van der Waals surface area contributed by atoms with Gasteiger partial charge in [0.05, 0.1) is 15.6 Å². The molecule has 1 fully saturated rings. The first-order valence-electron chi connectivity index (χ1n) is 8.35. The van der Waals surface area contributed by atoms with E-state index in [1.807, 2.05) is 37.3 Å². The predicted octanol–water partition coefficient (Wildman–Crippen LogP) is 5.32. The summed E-state index contributed by atoms with van der Waals surface area (Å²) in [6.45, 7) is 4.10. The Morgan fingerprint density at radius 1 is 1.27 bits per heavy atom. The molecule has 3 rings (SSSR count). The molecule has 0 bridgehead atoms. The lowest BCUT2D eigenvalue weighted by atomic mass is 10.2. The fourth-order valence-corrected chi connectivity index (χ4v) is 3.68. The number of rotatable bonds is 4. The zero-order valence-corrected chi connectivity index (χ0v) is 16.1. The van der Waals surface area contributed by atoms with Gasteiger partial charge in [-0.15, -0.1) is 0 Å². The van der Waals surface area contributed by atoms with E-state index in [1.54, 1.807) is 23.1 Å². The van der Waals surface area contributed by atoms with Gasteiger partial charge in [0, 0.05) is 6.04 Å². The smallest absolute Gasteiger partial charge is 0.271 e. The molecule has 0 aliphatic carbocycles. The average molecular weight is 387 g/mol. The number of nitrogens with zero attached hydrogens (tertiary/aromatic N) is 2. The van der Waals surface area contributed by atoms with Gasteiger partial charge in [0.15, 0.2) is 5.17 Å². The van der Waals surface area contributed by atoms with Crippen LogP contribution in [-0.4, -0.2) is 22.2 Å². The molecule has 26 heavy (non-hydrogen) atoms. The van der Waals surface area contributed by atoms with Crippen LogP contribution in [0.1, 0.15) is 25.8 Å². The van der Waals surface area contributed by atoms with Crippen LogP contribution >= 0.6 is 23.4 Å². The van der Waals surface area contributed by atoms with Gasteiger partial charge in [-0.25, -0.2) is 0 Å². The van der Waals surface area contributed by atoms with Crippen molar-refractivity contribution in [3.05, 3.63) is 64.0 Å². The Morgan fingerprint density at radius 2 is 2.00 bits per heavy atom. The van der Waals surface area contributed by atoms with Crippen molar-refractivity contribution in [2.75, 3.05) is 4.90 Å². The standard InChI is InChI=1S/C20H19ClN2O2S/c1-3-13(2)22-20-23(15-7-5-4-6-8-15)19(25)18(26-20)12-14-9-10-17(24)16(21)11-14/h4-13,24H,3H2,1-2H3/b18-12-,22-20?. The number of hydrogen-bond acceptors (Lipinski definition) is 4. The topological polar surface area (TPSA) is 52.9 Å². The van der Waals surface area contributed by atoms with Gasteiger partial charge in [-0.2, -0.15) is 0 Å². The lowest BCUT2D eigenvalue weighted by Crippen LogP contribution is -2.29. The first kappa shape index (κ1) is 18.5. The second-order valence-corrected chi connectivity index (χ2v) is 7.38. The van der Waals surface area contributed by atoms with Gasteiger partial charge in [0.1, 0.15) is 5.75 Å². The number of phenolic OH excluding ortho intramolecular Hbond substituents is 1. The maximum atomic E-state index is 13.0. The summed E-state index contributed by atoms with van der Waals surface area (Å²) in [5, 5.41) is 10.5. The van der Waals surface area contributed by atoms with E-state index < -0.39 is 0 Å². The monoisotopic (exact) mass is 386 g/mol. The molecule has 1 N–H and O–H groups in total. The van der Waals surface area contributed by atoms with Crippen molar-refractivity contribution in [3.8, 4) is 5.75 Å². The van der Waals surface area contributed by atoms with E-state index in [4.69, 9.17) is 16.6 Å². The van der Waals surface area contributed by atoms with Crippen LogP contribution in [0.2, 0.25) is 5.02 Å². The molecule has 1 amide bonds. The van der Waals surface area contributed by atoms with Crippen LogP contribution in [0.3, 0.4) is 0 Å². The fourth-order valence-electron chi connectivity index (χ4n) is 2.41. The number of phenols is 1. The Labute approximate surface area is 162 Å². The van der Waals surface area contributed by atoms with E-state index in [0.717, 1.165) is 17.7 Å². The molecule has 1 heterocycles. The molecule has 6 heteroatoms. The van der Waals surface area contributed by atoms with Gasteiger partial charge in [-0.05, 0) is 61.0 Å². The number of anilines is 1. The van der Waals surface area contributed by atoms with Gasteiger partial charge in [-0.3, -0.25) is 14.7 Å². The van der Waals surface area contributed by atoms with Crippen LogP contribution in [0.5, 0.6) is 5.75 Å². The number of amidine groups is 1. The Bertz CT molecular complexity index is 881. The molecular formula is C20H19ClN2O2S. The zero-order valence-electron chi connectivity index (χ0n) is 14.5. The number of halogens is 1. The number of amides is 1. The third-order valence-corrected chi connectivity index (χ3v) is 5.30. The number of carbonyl (C=O) groups is 1. The van der Waals surface area contributed by atoms with Gasteiger partial charge >= 0.3 is 0 Å². The molecule has 134 valence electrons. The fraction of sp³-hybridized carbons (Fsp3) is 0.200. The van der Waals surface area contributed by atoms with Crippen LogP contribution in [0, 0.1) is 0 Å². The average Bonchev–Trinajstić information content (AvgIpc) is 2.94. The largest absolute Gasteiger partial charge is 0.506 e. The highest BCUT2D eigenvalue weighted by atomic mass is 35.5. The minimum Gasteiger partial charge on any atom is -0.506 e. The van der Waals surface area contributed by atoms with Crippen LogP contribution in [-0.2, 0) is 4.79 Å². The van der Waals surface area contributed by atoms with E-state index in [-0.39, 0.29) is 22.7 Å². The molecular weight excluding hydrogens is 368 g/mol. The number of carbonyl (C=O) groups excluding carboxylic acids is 1. The van der Waals surface area contributed by atoms with Gasteiger partial charge in [0.25, 0.3) is 5.91 Å². The van der Waals surface area contributed by atoms with Crippen molar-refractivity contribution < 1.29 is 9.90 Å². The SMILES string of the molecule is CCC(C)N=C1S/C(=C\c2ccc(O)c(Cl)c2)C(=O)N1c1ccccc1. The first-order valence-corrected chi connectivity index (χ1v) is 9.54. The second kappa shape index (κ2) is 7.98. The molecule has 1 aliphatic heterocycles. The van der Waals surface area contributed by atoms with Crippen molar-refractivity contribution >= 4 is 46.2 Å². The third-order valence-electron chi connectivity index (χ3n) is 4.01. The molecule has 1 aliphatic rings. The summed E-state index contributed by atoms with van der Waals surface area (Å²) in [5.74, 6) is -0.100. The van der Waals surface area contributed by atoms with E-state index >= 15 is 0 Å². The van der Waals surface area contributed by atoms with Crippen molar-refractivity contribution in [2.45, 2.75) is 26.3 Å². The van der Waals surface area contributed by atoms with Crippen molar-refractivity contribution in [1.82, 2.24) is 0 Å². The summed E-state index contributed by atoms with van der Waals surface area (Å²) in [6.07, 6.45) is 2.67. The molecule has 2 aromatic carbocycles. The minimum absolute atomic E-state index is 0.0177. The summed E-state index contributed by atoms with van der Waals surface area (Å²) in [7, 11) is 0. The van der Waals surface area contributed by atoms with Crippen molar-refractivity contribution in [1.29, 1.82) is 0 Å². The lowest BCUT2D eigenvalue weighted by molar-refractivity contribution is -0.113. The van der Waals surface area contributed by atoms with Gasteiger partial charge in [-0.1, -0.05) is 42.8 Å². The maximum Gasteiger partial charge on any atom is 0.271 e. The minimum atomic E-state index is -0.118. The van der Waals surface area contributed by atoms with Gasteiger partial charge < -0.3 is 5.11 Å². The van der Waals surface area contributed by atoms with E-state index in [1.165, 1.54) is 17.8 Å². The normalized spacial score (nSPS) is 18.7. The molecule has 0 aromatic heterocycles. The molecule has 4 nitrogen and oxygen atoms in total. The highest BCUT2D eigenvalue weighted by Gasteiger charge is 2.34. The summed E-state index contributed by atoms with van der Waals surface area (Å²) < 4.78 is 0. The number of aromatic hydroxyl groups is 1. The van der Waals surface area contributed by atoms with Crippen molar-refractivity contribution in [2.24, 2.45) is 4.99 Å². The Hall–Kier alpha value is -2.24. The zero-order chi connectivity index (χ0) is 18.7. The molecule has 1 atom stereocenters. The summed E-state index contributed by atoms with van der Waals surface area (Å²) >= 11 is 7.32. The van der Waals surface area contributed by atoms with E-state index in [9.17, 15) is 9.90 Å². The van der Waals surface area contributed by atoms with Crippen LogP contribution < -0.4 is 4.90 Å². The second-order valence-electron chi connectivity index (χ2n) is 5.97. The number of benzene rings is 2. The molecule has 0 spiro atoms. The third kappa shape index (κ3) is 3.94. The highest BCUT2D eigenvalue weighted by molar-refractivity contribution is 8.19. The van der Waals surface area contributed by atoms with Crippen LogP contribution in [0.25, 0.3) is 6.08 Å². The molecule has 2 aromatic rings. The summed E-state index contributed by atoms with van der Waals surface area (Å²) in [5.41, 5.74) is 1.54. The Balaban J connectivity index is 2.01. The molecule has 1 saturated heterocycles. The Kier molecular flexibility index (Phi) is 5.69. The summed E-state index contributed by atoms with van der Waals surface area (Å²) in [6, 6.07) is 14.5. The predicted molar refractivity (Wildman–Crippen MR) is 110 cm³/mol. The lowest BCUT2D eigenvalue weighted by Gasteiger charge is -2.16. The number of thioether (sulfide) groups is 1.